The van der Waals surface area contributed by atoms with Crippen LogP contribution in [0.3, 0.4) is 0 Å². The summed E-state index contributed by atoms with van der Waals surface area (Å²) in [6.45, 7) is 1.84. The van der Waals surface area contributed by atoms with Crippen LogP contribution in [0, 0.1) is 6.92 Å². The standard InChI is InChI=1S/C9H11NO3/c1-6-4-5-10-7(8(6)12-2)9(11)13-3/h4-5H,1-3H3. The highest BCUT2D eigenvalue weighted by Crippen LogP contribution is 2.20. The summed E-state index contributed by atoms with van der Waals surface area (Å²) in [6.07, 6.45) is 1.55. The topological polar surface area (TPSA) is 48.4 Å². The normalized spacial score (nSPS) is 9.46. The largest absolute Gasteiger partial charge is 0.494 e. The Balaban J connectivity index is 3.20. The Morgan fingerprint density at radius 3 is 2.69 bits per heavy atom. The zero-order chi connectivity index (χ0) is 9.84. The predicted molar refractivity (Wildman–Crippen MR) is 46.9 cm³/mol. The Morgan fingerprint density at radius 1 is 1.46 bits per heavy atom. The molecule has 0 N–H and O–H groups in total. The van der Waals surface area contributed by atoms with Gasteiger partial charge in [0.05, 0.1) is 14.2 Å². The maximum atomic E-state index is 11.2. The van der Waals surface area contributed by atoms with E-state index in [4.69, 9.17) is 4.74 Å². The average molecular weight is 181 g/mol. The lowest BCUT2D eigenvalue weighted by Crippen LogP contribution is -2.07. The molecule has 4 nitrogen and oxygen atoms in total. The monoisotopic (exact) mass is 181 g/mol. The molecule has 0 fully saturated rings. The molecule has 0 bridgehead atoms. The number of aryl methyl sites for hydroxylation is 1. The number of esters is 1. The van der Waals surface area contributed by atoms with E-state index in [0.29, 0.717) is 5.75 Å². The van der Waals surface area contributed by atoms with Crippen LogP contribution in [0.4, 0.5) is 0 Å². The van der Waals surface area contributed by atoms with Gasteiger partial charge >= 0.3 is 5.97 Å². The van der Waals surface area contributed by atoms with Crippen LogP contribution in [-0.2, 0) is 4.74 Å². The molecule has 0 aliphatic rings. The lowest BCUT2D eigenvalue weighted by molar-refractivity contribution is 0.0590. The van der Waals surface area contributed by atoms with Gasteiger partial charge in [0.1, 0.15) is 0 Å². The molecule has 70 valence electrons. The lowest BCUT2D eigenvalue weighted by Gasteiger charge is -2.07. The van der Waals surface area contributed by atoms with Crippen molar-refractivity contribution in [3.05, 3.63) is 23.5 Å². The van der Waals surface area contributed by atoms with Crippen molar-refractivity contribution < 1.29 is 14.3 Å². The molecule has 0 aliphatic heterocycles. The van der Waals surface area contributed by atoms with Crippen LogP contribution in [0.25, 0.3) is 0 Å². The summed E-state index contributed by atoms with van der Waals surface area (Å²) in [7, 11) is 2.81. The van der Waals surface area contributed by atoms with Gasteiger partial charge in [-0.05, 0) is 18.6 Å². The van der Waals surface area contributed by atoms with Gasteiger partial charge < -0.3 is 9.47 Å². The first-order valence-corrected chi connectivity index (χ1v) is 3.78. The number of rotatable bonds is 2. The number of carbonyl (C=O) groups excluding carboxylic acids is 1. The SMILES string of the molecule is COC(=O)c1nccc(C)c1OC. The first kappa shape index (κ1) is 9.51. The Labute approximate surface area is 76.5 Å². The molecule has 0 saturated carbocycles. The molecule has 0 saturated heterocycles. The van der Waals surface area contributed by atoms with Crippen molar-refractivity contribution in [3.8, 4) is 5.75 Å². The summed E-state index contributed by atoms with van der Waals surface area (Å²) in [5, 5.41) is 0. The van der Waals surface area contributed by atoms with Gasteiger partial charge in [-0.3, -0.25) is 0 Å². The van der Waals surface area contributed by atoms with E-state index in [1.807, 2.05) is 6.92 Å². The quantitative estimate of drug-likeness (QED) is 0.643. The van der Waals surface area contributed by atoms with Crippen molar-refractivity contribution >= 4 is 5.97 Å². The Morgan fingerprint density at radius 2 is 2.15 bits per heavy atom. The highest BCUT2D eigenvalue weighted by Gasteiger charge is 2.15. The van der Waals surface area contributed by atoms with Gasteiger partial charge in [0.2, 0.25) is 0 Å². The van der Waals surface area contributed by atoms with Gasteiger partial charge in [-0.1, -0.05) is 0 Å². The smallest absolute Gasteiger partial charge is 0.360 e. The van der Waals surface area contributed by atoms with Gasteiger partial charge in [-0.2, -0.15) is 0 Å². The van der Waals surface area contributed by atoms with E-state index >= 15 is 0 Å². The van der Waals surface area contributed by atoms with Gasteiger partial charge in [-0.25, -0.2) is 9.78 Å². The van der Waals surface area contributed by atoms with E-state index in [1.165, 1.54) is 14.2 Å². The molecule has 0 spiro atoms. The predicted octanol–water partition coefficient (Wildman–Crippen LogP) is 1.19. The Bertz CT molecular complexity index is 323. The van der Waals surface area contributed by atoms with Crippen molar-refractivity contribution in [2.75, 3.05) is 14.2 Å². The minimum absolute atomic E-state index is 0.213. The molecule has 1 heterocycles. The van der Waals surface area contributed by atoms with Crippen LogP contribution in [0.1, 0.15) is 16.1 Å². The van der Waals surface area contributed by atoms with Crippen LogP contribution in [0.5, 0.6) is 5.75 Å². The molecule has 4 heteroatoms. The molecule has 0 aliphatic carbocycles. The maximum Gasteiger partial charge on any atom is 0.360 e. The van der Waals surface area contributed by atoms with Gasteiger partial charge in [-0.15, -0.1) is 0 Å². The van der Waals surface area contributed by atoms with Crippen molar-refractivity contribution in [2.45, 2.75) is 6.92 Å². The third-order valence-corrected chi connectivity index (χ3v) is 1.68. The average Bonchev–Trinajstić information content (AvgIpc) is 2.16. The van der Waals surface area contributed by atoms with Crippen molar-refractivity contribution in [1.29, 1.82) is 0 Å². The fourth-order valence-electron chi connectivity index (χ4n) is 1.04. The first-order chi connectivity index (χ1) is 6.20. The lowest BCUT2D eigenvalue weighted by atomic mass is 10.2. The number of methoxy groups -OCH3 is 2. The van der Waals surface area contributed by atoms with E-state index in [9.17, 15) is 4.79 Å². The molecule has 0 aromatic carbocycles. The molecule has 13 heavy (non-hydrogen) atoms. The molecule has 1 aromatic heterocycles. The van der Waals surface area contributed by atoms with Crippen LogP contribution in [0.15, 0.2) is 12.3 Å². The summed E-state index contributed by atoms with van der Waals surface area (Å²) in [5.74, 6) is -0.0186. The summed E-state index contributed by atoms with van der Waals surface area (Å²) in [4.78, 5) is 15.1. The fourth-order valence-corrected chi connectivity index (χ4v) is 1.04. The summed E-state index contributed by atoms with van der Waals surface area (Å²) in [5.41, 5.74) is 1.07. The molecule has 1 aromatic rings. The molecule has 0 atom stereocenters. The van der Waals surface area contributed by atoms with Crippen molar-refractivity contribution in [2.24, 2.45) is 0 Å². The maximum absolute atomic E-state index is 11.2. The number of aromatic nitrogens is 1. The Hall–Kier alpha value is -1.58. The number of hydrogen-bond donors (Lipinski definition) is 0. The molecular formula is C9H11NO3. The van der Waals surface area contributed by atoms with Gasteiger partial charge in [0.15, 0.2) is 11.4 Å². The molecular weight excluding hydrogens is 170 g/mol. The van der Waals surface area contributed by atoms with Crippen LogP contribution in [-0.4, -0.2) is 25.2 Å². The highest BCUT2D eigenvalue weighted by atomic mass is 16.5. The van der Waals surface area contributed by atoms with E-state index in [1.54, 1.807) is 12.3 Å². The zero-order valence-corrected chi connectivity index (χ0v) is 7.83. The number of ether oxygens (including phenoxy) is 2. The number of pyridine rings is 1. The van der Waals surface area contributed by atoms with Crippen molar-refractivity contribution in [1.82, 2.24) is 4.98 Å². The summed E-state index contributed by atoms with van der Waals surface area (Å²) < 4.78 is 9.59. The number of nitrogens with zero attached hydrogens (tertiary/aromatic N) is 1. The third kappa shape index (κ3) is 1.77. The summed E-state index contributed by atoms with van der Waals surface area (Å²) >= 11 is 0. The summed E-state index contributed by atoms with van der Waals surface area (Å²) in [6, 6.07) is 1.77. The van der Waals surface area contributed by atoms with E-state index in [2.05, 4.69) is 9.72 Å². The second kappa shape index (κ2) is 3.89. The highest BCUT2D eigenvalue weighted by molar-refractivity contribution is 5.90. The van der Waals surface area contributed by atoms with Crippen LogP contribution in [0.2, 0.25) is 0 Å². The molecule has 1 rings (SSSR count). The first-order valence-electron chi connectivity index (χ1n) is 3.78. The molecule has 0 unspecified atom stereocenters. The second-order valence-corrected chi connectivity index (χ2v) is 2.50. The van der Waals surface area contributed by atoms with Crippen LogP contribution < -0.4 is 4.74 Å². The minimum atomic E-state index is -0.486. The van der Waals surface area contributed by atoms with Crippen LogP contribution >= 0.6 is 0 Å². The number of hydrogen-bond acceptors (Lipinski definition) is 4. The van der Waals surface area contributed by atoms with Gasteiger partial charge in [0.25, 0.3) is 0 Å². The fraction of sp³-hybridized carbons (Fsp3) is 0.333. The van der Waals surface area contributed by atoms with Gasteiger partial charge in [0, 0.05) is 6.20 Å². The second-order valence-electron chi connectivity index (χ2n) is 2.50. The van der Waals surface area contributed by atoms with Crippen molar-refractivity contribution in [3.63, 3.8) is 0 Å². The zero-order valence-electron chi connectivity index (χ0n) is 7.83. The van der Waals surface area contributed by atoms with E-state index < -0.39 is 5.97 Å². The molecule has 0 amide bonds. The van der Waals surface area contributed by atoms with E-state index in [0.717, 1.165) is 5.56 Å². The Kier molecular flexibility index (Phi) is 2.84. The number of carbonyl (C=O) groups is 1. The van der Waals surface area contributed by atoms with E-state index in [-0.39, 0.29) is 5.69 Å². The molecule has 0 radical (unpaired) electrons. The minimum Gasteiger partial charge on any atom is -0.494 e. The third-order valence-electron chi connectivity index (χ3n) is 1.68.